The SMILES string of the molecule is C=CC[C@H](NC(=O)O)C(=O)NC(C)c1ccccc1[N+](=O)[O-]. The van der Waals surface area contributed by atoms with Crippen LogP contribution in [0.15, 0.2) is 36.9 Å². The van der Waals surface area contributed by atoms with Crippen molar-refractivity contribution >= 4 is 17.7 Å². The third-order valence-corrected chi connectivity index (χ3v) is 2.98. The van der Waals surface area contributed by atoms with E-state index in [9.17, 15) is 19.7 Å². The Morgan fingerprint density at radius 1 is 1.41 bits per heavy atom. The molecule has 1 aromatic carbocycles. The number of nitrogens with zero attached hydrogens (tertiary/aromatic N) is 1. The Hall–Kier alpha value is -2.90. The summed E-state index contributed by atoms with van der Waals surface area (Å²) >= 11 is 0. The molecule has 0 heterocycles. The molecule has 1 rings (SSSR count). The summed E-state index contributed by atoms with van der Waals surface area (Å²) < 4.78 is 0. The topological polar surface area (TPSA) is 122 Å². The van der Waals surface area contributed by atoms with Crippen LogP contribution in [0.2, 0.25) is 0 Å². The summed E-state index contributed by atoms with van der Waals surface area (Å²) in [6.45, 7) is 5.05. The number of nitrogens with one attached hydrogen (secondary N) is 2. The molecule has 2 amide bonds. The lowest BCUT2D eigenvalue weighted by Crippen LogP contribution is -2.46. The number of carbonyl (C=O) groups excluding carboxylic acids is 1. The highest BCUT2D eigenvalue weighted by molar-refractivity contribution is 5.85. The van der Waals surface area contributed by atoms with E-state index in [1.807, 2.05) is 0 Å². The molecule has 1 aromatic rings. The van der Waals surface area contributed by atoms with Crippen molar-refractivity contribution in [1.29, 1.82) is 0 Å². The summed E-state index contributed by atoms with van der Waals surface area (Å²) in [5.41, 5.74) is 0.232. The third-order valence-electron chi connectivity index (χ3n) is 2.98. The molecule has 1 unspecified atom stereocenters. The monoisotopic (exact) mass is 307 g/mol. The highest BCUT2D eigenvalue weighted by Gasteiger charge is 2.24. The second-order valence-corrected chi connectivity index (χ2v) is 4.57. The summed E-state index contributed by atoms with van der Waals surface area (Å²) in [7, 11) is 0. The summed E-state index contributed by atoms with van der Waals surface area (Å²) in [6.07, 6.45) is 0.192. The van der Waals surface area contributed by atoms with Gasteiger partial charge in [0.15, 0.2) is 0 Å². The molecule has 8 heteroatoms. The van der Waals surface area contributed by atoms with Crippen molar-refractivity contribution < 1.29 is 19.6 Å². The van der Waals surface area contributed by atoms with E-state index in [2.05, 4.69) is 17.2 Å². The van der Waals surface area contributed by atoms with Gasteiger partial charge in [-0.25, -0.2) is 4.79 Å². The molecule has 0 aliphatic rings. The Kier molecular flexibility index (Phi) is 6.06. The smallest absolute Gasteiger partial charge is 0.405 e. The summed E-state index contributed by atoms with van der Waals surface area (Å²) in [6, 6.07) is 4.40. The third kappa shape index (κ3) is 4.58. The van der Waals surface area contributed by atoms with Gasteiger partial charge >= 0.3 is 6.09 Å². The zero-order valence-electron chi connectivity index (χ0n) is 12.0. The number of hydrogen-bond donors (Lipinski definition) is 3. The van der Waals surface area contributed by atoms with Gasteiger partial charge in [-0.05, 0) is 13.3 Å². The summed E-state index contributed by atoms with van der Waals surface area (Å²) in [4.78, 5) is 33.2. The molecule has 0 spiro atoms. The first-order chi connectivity index (χ1) is 10.4. The largest absolute Gasteiger partial charge is 0.465 e. The minimum Gasteiger partial charge on any atom is -0.465 e. The van der Waals surface area contributed by atoms with Gasteiger partial charge in [0, 0.05) is 6.07 Å². The van der Waals surface area contributed by atoms with E-state index in [1.54, 1.807) is 13.0 Å². The number of nitro groups is 1. The predicted octanol–water partition coefficient (Wildman–Crippen LogP) is 1.98. The number of benzene rings is 1. The van der Waals surface area contributed by atoms with Crippen molar-refractivity contribution in [2.45, 2.75) is 25.4 Å². The van der Waals surface area contributed by atoms with Gasteiger partial charge in [0.2, 0.25) is 5.91 Å². The standard InChI is InChI=1S/C14H17N3O5/c1-3-6-11(16-14(19)20)13(18)15-9(2)10-7-4-5-8-12(10)17(21)22/h3-5,7-9,11,16H,1,6H2,2H3,(H,15,18)(H,19,20)/t9?,11-/m0/s1. The van der Waals surface area contributed by atoms with Crippen LogP contribution in [0.3, 0.4) is 0 Å². The van der Waals surface area contributed by atoms with Gasteiger partial charge in [-0.3, -0.25) is 14.9 Å². The first-order valence-corrected chi connectivity index (χ1v) is 6.50. The lowest BCUT2D eigenvalue weighted by Gasteiger charge is -2.19. The van der Waals surface area contributed by atoms with Crippen LogP contribution in [0.1, 0.15) is 24.9 Å². The van der Waals surface area contributed by atoms with Crippen LogP contribution in [0.5, 0.6) is 0 Å². The Labute approximate surface area is 127 Å². The molecule has 8 nitrogen and oxygen atoms in total. The maximum Gasteiger partial charge on any atom is 0.405 e. The Morgan fingerprint density at radius 3 is 2.59 bits per heavy atom. The van der Waals surface area contributed by atoms with Crippen LogP contribution in [0.25, 0.3) is 0 Å². The van der Waals surface area contributed by atoms with Crippen molar-refractivity contribution in [3.05, 3.63) is 52.6 Å². The average molecular weight is 307 g/mol. The molecule has 0 bridgehead atoms. The van der Waals surface area contributed by atoms with Crippen LogP contribution in [-0.4, -0.2) is 28.1 Å². The fourth-order valence-electron chi connectivity index (χ4n) is 1.96. The van der Waals surface area contributed by atoms with Gasteiger partial charge in [0.05, 0.1) is 16.5 Å². The Morgan fingerprint density at radius 2 is 2.05 bits per heavy atom. The quantitative estimate of drug-likeness (QED) is 0.404. The van der Waals surface area contributed by atoms with Gasteiger partial charge in [0.1, 0.15) is 6.04 Å². The van der Waals surface area contributed by atoms with E-state index >= 15 is 0 Å². The zero-order valence-corrected chi connectivity index (χ0v) is 12.0. The first-order valence-electron chi connectivity index (χ1n) is 6.50. The molecular formula is C14H17N3O5. The van der Waals surface area contributed by atoms with Crippen molar-refractivity contribution in [2.75, 3.05) is 0 Å². The molecule has 22 heavy (non-hydrogen) atoms. The van der Waals surface area contributed by atoms with Crippen LogP contribution in [-0.2, 0) is 4.79 Å². The molecule has 0 fully saturated rings. The molecule has 0 saturated heterocycles. The zero-order chi connectivity index (χ0) is 16.7. The van der Waals surface area contributed by atoms with Crippen LogP contribution >= 0.6 is 0 Å². The van der Waals surface area contributed by atoms with E-state index < -0.39 is 29.0 Å². The molecule has 118 valence electrons. The minimum absolute atomic E-state index is 0.109. The highest BCUT2D eigenvalue weighted by atomic mass is 16.6. The minimum atomic E-state index is -1.33. The van der Waals surface area contributed by atoms with E-state index in [1.165, 1.54) is 24.3 Å². The Bertz CT molecular complexity index is 588. The molecule has 0 saturated carbocycles. The van der Waals surface area contributed by atoms with E-state index in [-0.39, 0.29) is 12.1 Å². The maximum atomic E-state index is 12.1. The number of nitro benzene ring substituents is 1. The van der Waals surface area contributed by atoms with Gasteiger partial charge in [0.25, 0.3) is 5.69 Å². The summed E-state index contributed by atoms with van der Waals surface area (Å²) in [5.74, 6) is -0.576. The molecule has 3 N–H and O–H groups in total. The lowest BCUT2D eigenvalue weighted by atomic mass is 10.1. The van der Waals surface area contributed by atoms with E-state index in [0.717, 1.165) is 0 Å². The summed E-state index contributed by atoms with van der Waals surface area (Å²) in [5, 5.41) is 24.3. The number of amides is 2. The molecule has 0 aliphatic heterocycles. The van der Waals surface area contributed by atoms with Gasteiger partial charge in [-0.2, -0.15) is 0 Å². The molecular weight excluding hydrogens is 290 g/mol. The van der Waals surface area contributed by atoms with Crippen LogP contribution in [0.4, 0.5) is 10.5 Å². The van der Waals surface area contributed by atoms with Crippen molar-refractivity contribution in [3.8, 4) is 0 Å². The predicted molar refractivity (Wildman–Crippen MR) is 79.4 cm³/mol. The Balaban J connectivity index is 2.88. The molecule has 0 aromatic heterocycles. The lowest BCUT2D eigenvalue weighted by molar-refractivity contribution is -0.385. The number of hydrogen-bond acceptors (Lipinski definition) is 4. The molecule has 2 atom stereocenters. The number of rotatable bonds is 7. The van der Waals surface area contributed by atoms with Crippen LogP contribution in [0, 0.1) is 10.1 Å². The van der Waals surface area contributed by atoms with Crippen LogP contribution < -0.4 is 10.6 Å². The highest BCUT2D eigenvalue weighted by Crippen LogP contribution is 2.24. The number of para-hydroxylation sites is 1. The molecule has 0 radical (unpaired) electrons. The van der Waals surface area contributed by atoms with Crippen molar-refractivity contribution in [2.24, 2.45) is 0 Å². The normalized spacial score (nSPS) is 12.8. The van der Waals surface area contributed by atoms with E-state index in [0.29, 0.717) is 5.56 Å². The van der Waals surface area contributed by atoms with Gasteiger partial charge in [-0.15, -0.1) is 6.58 Å². The van der Waals surface area contributed by atoms with Gasteiger partial charge < -0.3 is 15.7 Å². The van der Waals surface area contributed by atoms with E-state index in [4.69, 9.17) is 5.11 Å². The number of carbonyl (C=O) groups is 2. The molecule has 0 aliphatic carbocycles. The average Bonchev–Trinajstić information content (AvgIpc) is 2.46. The second kappa shape index (κ2) is 7.77. The van der Waals surface area contributed by atoms with Crippen molar-refractivity contribution in [1.82, 2.24) is 10.6 Å². The second-order valence-electron chi connectivity index (χ2n) is 4.57. The first kappa shape index (κ1) is 17.2. The number of carboxylic acid groups (broad SMARTS) is 1. The van der Waals surface area contributed by atoms with Crippen molar-refractivity contribution in [3.63, 3.8) is 0 Å². The fraction of sp³-hybridized carbons (Fsp3) is 0.286. The maximum absolute atomic E-state index is 12.1. The van der Waals surface area contributed by atoms with Gasteiger partial charge in [-0.1, -0.05) is 24.3 Å². The fourth-order valence-corrected chi connectivity index (χ4v) is 1.96.